The van der Waals surface area contributed by atoms with Crippen molar-refractivity contribution in [3.8, 4) is 5.75 Å². The van der Waals surface area contributed by atoms with E-state index in [-0.39, 0.29) is 5.75 Å². The summed E-state index contributed by atoms with van der Waals surface area (Å²) < 4.78 is 32.8. The van der Waals surface area contributed by atoms with Crippen LogP contribution in [0.3, 0.4) is 0 Å². The van der Waals surface area contributed by atoms with Crippen molar-refractivity contribution in [3.63, 3.8) is 0 Å². The fourth-order valence-electron chi connectivity index (χ4n) is 3.15. The second kappa shape index (κ2) is 7.93. The summed E-state index contributed by atoms with van der Waals surface area (Å²) in [5, 5.41) is 0. The highest BCUT2D eigenvalue weighted by Gasteiger charge is 2.26. The highest BCUT2D eigenvalue weighted by atomic mass is 127. The lowest BCUT2D eigenvalue weighted by Gasteiger charge is -2.22. The molecule has 1 aliphatic rings. The monoisotopic (exact) mass is 500 g/mol. The van der Waals surface area contributed by atoms with Crippen molar-refractivity contribution in [2.24, 2.45) is 0 Å². The number of ether oxygens (including phenoxy) is 1. The molecule has 5 heteroatoms. The van der Waals surface area contributed by atoms with E-state index in [1.807, 2.05) is 60.7 Å². The maximum Gasteiger partial charge on any atom is 0.182 e. The Morgan fingerprint density at radius 1 is 0.821 bits per heavy atom. The maximum atomic E-state index is 13.0. The Morgan fingerprint density at radius 3 is 2.14 bits per heavy atom. The predicted molar refractivity (Wildman–Crippen MR) is 121 cm³/mol. The number of allylic oxidation sites excluding steroid dienone is 1. The van der Waals surface area contributed by atoms with Crippen molar-refractivity contribution in [3.05, 3.63) is 108 Å². The van der Waals surface area contributed by atoms with Crippen molar-refractivity contribution in [2.45, 2.75) is 4.90 Å². The van der Waals surface area contributed by atoms with E-state index in [2.05, 4.69) is 22.6 Å². The smallest absolute Gasteiger partial charge is 0.182 e. The summed E-state index contributed by atoms with van der Waals surface area (Å²) in [4.78, 5) is 0.309. The minimum atomic E-state index is -3.50. The number of hydrogen-bond donors (Lipinski definition) is 0. The molecule has 0 saturated heterocycles. The lowest BCUT2D eigenvalue weighted by Crippen LogP contribution is -2.14. The second-order valence-corrected chi connectivity index (χ2v) is 9.45. The van der Waals surface area contributed by atoms with Gasteiger partial charge in [-0.3, -0.25) is 0 Å². The maximum absolute atomic E-state index is 13.0. The average molecular weight is 500 g/mol. The van der Waals surface area contributed by atoms with Gasteiger partial charge in [0.2, 0.25) is 0 Å². The SMILES string of the molecule is O=S(=O)(CC1=COc2ccccc2/C1=C(\I)c1ccccc1)c1ccccc1. The van der Waals surface area contributed by atoms with Crippen LogP contribution >= 0.6 is 22.6 Å². The van der Waals surface area contributed by atoms with Gasteiger partial charge in [0.25, 0.3) is 0 Å². The first-order valence-electron chi connectivity index (χ1n) is 8.75. The summed E-state index contributed by atoms with van der Waals surface area (Å²) in [7, 11) is -3.50. The Labute approximate surface area is 178 Å². The molecule has 0 spiro atoms. The molecule has 0 bridgehead atoms. The van der Waals surface area contributed by atoms with Gasteiger partial charge in [-0.1, -0.05) is 66.7 Å². The number of halogens is 1. The normalized spacial score (nSPS) is 15.2. The van der Waals surface area contributed by atoms with Crippen LogP contribution in [-0.4, -0.2) is 14.2 Å². The van der Waals surface area contributed by atoms with E-state index in [1.165, 1.54) is 0 Å². The number of rotatable bonds is 4. The van der Waals surface area contributed by atoms with Gasteiger partial charge in [0, 0.05) is 20.3 Å². The minimum Gasteiger partial charge on any atom is -0.464 e. The van der Waals surface area contributed by atoms with E-state index in [9.17, 15) is 8.42 Å². The van der Waals surface area contributed by atoms with Gasteiger partial charge in [-0.2, -0.15) is 0 Å². The molecule has 0 aliphatic carbocycles. The summed E-state index contributed by atoms with van der Waals surface area (Å²) in [6, 6.07) is 26.2. The first-order valence-corrected chi connectivity index (χ1v) is 11.5. The zero-order chi connectivity index (χ0) is 19.6. The van der Waals surface area contributed by atoms with Crippen LogP contribution in [0.15, 0.2) is 102 Å². The highest BCUT2D eigenvalue weighted by molar-refractivity contribution is 14.1. The summed E-state index contributed by atoms with van der Waals surface area (Å²) >= 11 is 2.29. The molecule has 0 amide bonds. The third kappa shape index (κ3) is 3.77. The minimum absolute atomic E-state index is 0.125. The molecule has 1 aliphatic heterocycles. The largest absolute Gasteiger partial charge is 0.464 e. The molecule has 0 N–H and O–H groups in total. The Bertz CT molecular complexity index is 1160. The number of hydrogen-bond acceptors (Lipinski definition) is 3. The van der Waals surface area contributed by atoms with Crippen LogP contribution in [-0.2, 0) is 9.84 Å². The summed E-state index contributed by atoms with van der Waals surface area (Å²) in [5.41, 5.74) is 3.48. The molecule has 3 aromatic rings. The lowest BCUT2D eigenvalue weighted by molar-refractivity contribution is 0.470. The number of fused-ring (bicyclic) bond motifs is 1. The third-order valence-electron chi connectivity index (χ3n) is 4.50. The van der Waals surface area contributed by atoms with Gasteiger partial charge in [-0.15, -0.1) is 0 Å². The average Bonchev–Trinajstić information content (AvgIpc) is 2.74. The van der Waals surface area contributed by atoms with Crippen molar-refractivity contribution in [2.75, 3.05) is 5.75 Å². The van der Waals surface area contributed by atoms with Crippen molar-refractivity contribution < 1.29 is 13.2 Å². The van der Waals surface area contributed by atoms with Crippen molar-refractivity contribution in [1.82, 2.24) is 0 Å². The molecule has 0 fully saturated rings. The highest BCUT2D eigenvalue weighted by Crippen LogP contribution is 2.43. The van der Waals surface area contributed by atoms with Gasteiger partial charge >= 0.3 is 0 Å². The first kappa shape index (κ1) is 19.0. The van der Waals surface area contributed by atoms with Crippen LogP contribution in [0.2, 0.25) is 0 Å². The van der Waals surface area contributed by atoms with E-state index in [0.717, 1.165) is 26.0 Å². The van der Waals surface area contributed by atoms with Crippen LogP contribution in [0.4, 0.5) is 0 Å². The van der Waals surface area contributed by atoms with Gasteiger partial charge in [-0.05, 0) is 46.4 Å². The van der Waals surface area contributed by atoms with Crippen molar-refractivity contribution in [1.29, 1.82) is 0 Å². The van der Waals surface area contributed by atoms with Crippen LogP contribution in [0.25, 0.3) is 9.15 Å². The van der Waals surface area contributed by atoms with Crippen molar-refractivity contribution >= 4 is 41.6 Å². The number of benzene rings is 3. The van der Waals surface area contributed by atoms with E-state index < -0.39 is 9.84 Å². The van der Waals surface area contributed by atoms with Crippen LogP contribution in [0.5, 0.6) is 5.75 Å². The van der Waals surface area contributed by atoms with E-state index in [1.54, 1.807) is 30.5 Å². The summed E-state index contributed by atoms with van der Waals surface area (Å²) in [6.07, 6.45) is 1.57. The second-order valence-electron chi connectivity index (χ2n) is 6.38. The van der Waals surface area contributed by atoms with E-state index in [0.29, 0.717) is 10.5 Å². The zero-order valence-electron chi connectivity index (χ0n) is 14.9. The molecule has 3 aromatic carbocycles. The van der Waals surface area contributed by atoms with Crippen LogP contribution in [0, 0.1) is 0 Å². The van der Waals surface area contributed by atoms with Gasteiger partial charge in [0.05, 0.1) is 16.9 Å². The molecule has 4 rings (SSSR count). The molecule has 0 radical (unpaired) electrons. The number of para-hydroxylation sites is 1. The molecule has 0 atom stereocenters. The third-order valence-corrected chi connectivity index (χ3v) is 7.34. The topological polar surface area (TPSA) is 43.4 Å². The molecular formula is C23H17IO3S. The van der Waals surface area contributed by atoms with E-state index >= 15 is 0 Å². The standard InChI is InChI=1S/C23H17IO3S/c24-23(17-9-3-1-4-10-17)22-18(15-27-21-14-8-7-13-20(21)22)16-28(25,26)19-11-5-2-6-12-19/h1-15H,16H2/b23-22-. The predicted octanol–water partition coefficient (Wildman–Crippen LogP) is 5.74. The summed E-state index contributed by atoms with van der Waals surface area (Å²) in [5.74, 6) is 0.600. The molecule has 1 heterocycles. The van der Waals surface area contributed by atoms with Crippen LogP contribution < -0.4 is 4.74 Å². The molecular weight excluding hydrogens is 483 g/mol. The quantitative estimate of drug-likeness (QED) is 0.430. The molecule has 140 valence electrons. The van der Waals surface area contributed by atoms with Gasteiger partial charge in [-0.25, -0.2) is 8.42 Å². The summed E-state index contributed by atoms with van der Waals surface area (Å²) in [6.45, 7) is 0. The Kier molecular flexibility index (Phi) is 5.37. The molecule has 0 unspecified atom stereocenters. The fourth-order valence-corrected chi connectivity index (χ4v) is 5.51. The lowest BCUT2D eigenvalue weighted by atomic mass is 9.95. The Morgan fingerprint density at radius 2 is 1.43 bits per heavy atom. The van der Waals surface area contributed by atoms with Crippen LogP contribution in [0.1, 0.15) is 11.1 Å². The van der Waals surface area contributed by atoms with E-state index in [4.69, 9.17) is 4.74 Å². The fraction of sp³-hybridized carbons (Fsp3) is 0.0435. The van der Waals surface area contributed by atoms with Gasteiger partial charge in [0.1, 0.15) is 5.75 Å². The van der Waals surface area contributed by atoms with Gasteiger partial charge < -0.3 is 4.74 Å². The number of sulfone groups is 1. The Balaban J connectivity index is 1.84. The molecule has 3 nitrogen and oxygen atoms in total. The molecule has 0 saturated carbocycles. The Hall–Kier alpha value is -2.38. The molecule has 28 heavy (non-hydrogen) atoms. The first-order chi connectivity index (χ1) is 13.6. The zero-order valence-corrected chi connectivity index (χ0v) is 17.9. The molecule has 0 aromatic heterocycles. The van der Waals surface area contributed by atoms with Gasteiger partial charge in [0.15, 0.2) is 9.84 Å².